The highest BCUT2D eigenvalue weighted by molar-refractivity contribution is 7.17. The Bertz CT molecular complexity index is 564. The van der Waals surface area contributed by atoms with Crippen molar-refractivity contribution in [1.82, 2.24) is 0 Å². The van der Waals surface area contributed by atoms with Crippen LogP contribution in [0.5, 0.6) is 0 Å². The van der Waals surface area contributed by atoms with Gasteiger partial charge < -0.3 is 16.4 Å². The third kappa shape index (κ3) is 3.63. The van der Waals surface area contributed by atoms with Crippen LogP contribution in [0.25, 0.3) is 0 Å². The van der Waals surface area contributed by atoms with E-state index in [-0.39, 0.29) is 11.4 Å². The zero-order chi connectivity index (χ0) is 15.6. The minimum atomic E-state index is -0.442. The number of hydrogen-bond acceptors (Lipinski definition) is 3. The molecule has 1 heterocycles. The molecule has 5 N–H and O–H groups in total. The van der Waals surface area contributed by atoms with Crippen LogP contribution >= 0.6 is 11.3 Å². The van der Waals surface area contributed by atoms with Crippen LogP contribution in [-0.2, 0) is 17.6 Å². The lowest BCUT2D eigenvalue weighted by molar-refractivity contribution is -0.711. The molecular formula is C15H24N3O2S+. The third-order valence-electron chi connectivity index (χ3n) is 4.17. The zero-order valence-corrected chi connectivity index (χ0v) is 13.7. The summed E-state index contributed by atoms with van der Waals surface area (Å²) in [6.45, 7) is 6.66. The molecule has 0 spiro atoms. The van der Waals surface area contributed by atoms with Gasteiger partial charge in [0.2, 0.25) is 0 Å². The predicted molar refractivity (Wildman–Crippen MR) is 84.7 cm³/mol. The second-order valence-corrected chi connectivity index (χ2v) is 7.33. The molecule has 0 radical (unpaired) electrons. The highest BCUT2D eigenvalue weighted by Crippen LogP contribution is 2.38. The number of nitrogens with two attached hydrogens (primary N) is 2. The smallest absolute Gasteiger partial charge is 0.280 e. The van der Waals surface area contributed by atoms with Gasteiger partial charge in [-0.2, -0.15) is 0 Å². The van der Waals surface area contributed by atoms with E-state index < -0.39 is 5.91 Å². The Morgan fingerprint density at radius 3 is 2.71 bits per heavy atom. The number of primary amides is 1. The maximum absolute atomic E-state index is 12.1. The number of nitrogens with one attached hydrogen (secondary N) is 1. The summed E-state index contributed by atoms with van der Waals surface area (Å²) in [7, 11) is 0. The Kier molecular flexibility index (Phi) is 4.68. The number of aryl methyl sites for hydroxylation is 1. The van der Waals surface area contributed by atoms with E-state index in [4.69, 9.17) is 5.73 Å². The van der Waals surface area contributed by atoms with Gasteiger partial charge in [-0.1, -0.05) is 6.92 Å². The molecule has 0 saturated carbocycles. The van der Waals surface area contributed by atoms with Gasteiger partial charge in [0.15, 0.2) is 6.54 Å². The average molecular weight is 310 g/mol. The molecule has 2 amide bonds. The second-order valence-electron chi connectivity index (χ2n) is 6.22. The van der Waals surface area contributed by atoms with E-state index in [1.807, 2.05) is 5.32 Å². The maximum atomic E-state index is 12.1. The lowest BCUT2D eigenvalue weighted by Crippen LogP contribution is -2.96. The van der Waals surface area contributed by atoms with Crippen LogP contribution in [0.3, 0.4) is 0 Å². The standard InChI is InChI=1S/C15H23N3O2S/c1-4-15(2,3)17-8-11(19)18-14-12(13(16)20)9-6-5-7-10(9)21-14/h17H,4-8H2,1-3H3,(H2,16,20)(H,18,19)/p+1. The van der Waals surface area contributed by atoms with Crippen molar-refractivity contribution in [2.45, 2.75) is 52.0 Å². The molecular weight excluding hydrogens is 286 g/mol. The van der Waals surface area contributed by atoms with Crippen molar-refractivity contribution in [3.05, 3.63) is 16.0 Å². The summed E-state index contributed by atoms with van der Waals surface area (Å²) in [4.78, 5) is 24.9. The SMILES string of the molecule is CCC(C)(C)[NH2+]CC(=O)Nc1sc2c(c1C(N)=O)CCC2. The number of amides is 2. The highest BCUT2D eigenvalue weighted by atomic mass is 32.1. The van der Waals surface area contributed by atoms with Crippen LogP contribution in [0.15, 0.2) is 0 Å². The Hall–Kier alpha value is -1.40. The number of carbonyl (C=O) groups is 2. The minimum absolute atomic E-state index is 0.0427. The van der Waals surface area contributed by atoms with Crippen molar-refractivity contribution in [3.8, 4) is 0 Å². The summed E-state index contributed by atoms with van der Waals surface area (Å²) in [6, 6.07) is 0. The van der Waals surface area contributed by atoms with Gasteiger partial charge in [0.05, 0.1) is 11.1 Å². The molecule has 1 aliphatic rings. The quantitative estimate of drug-likeness (QED) is 0.732. The summed E-state index contributed by atoms with van der Waals surface area (Å²) in [5.74, 6) is -0.526. The first-order valence-corrected chi connectivity index (χ1v) is 8.24. The molecule has 0 saturated heterocycles. The Morgan fingerprint density at radius 2 is 2.10 bits per heavy atom. The largest absolute Gasteiger partial charge is 0.365 e. The zero-order valence-electron chi connectivity index (χ0n) is 12.9. The number of carbonyl (C=O) groups excluding carboxylic acids is 2. The number of quaternary nitrogens is 1. The number of hydrogen-bond donors (Lipinski definition) is 3. The molecule has 0 fully saturated rings. The predicted octanol–water partition coefficient (Wildman–Crippen LogP) is 1.03. The molecule has 0 aliphatic heterocycles. The van der Waals surface area contributed by atoms with Crippen LogP contribution in [0, 0.1) is 0 Å². The van der Waals surface area contributed by atoms with Gasteiger partial charge in [0.25, 0.3) is 11.8 Å². The molecule has 0 atom stereocenters. The van der Waals surface area contributed by atoms with Gasteiger partial charge >= 0.3 is 0 Å². The monoisotopic (exact) mass is 310 g/mol. The minimum Gasteiger partial charge on any atom is -0.365 e. The third-order valence-corrected chi connectivity index (χ3v) is 5.38. The van der Waals surface area contributed by atoms with Crippen molar-refractivity contribution in [2.75, 3.05) is 11.9 Å². The fourth-order valence-corrected chi connectivity index (χ4v) is 3.75. The highest BCUT2D eigenvalue weighted by Gasteiger charge is 2.27. The Morgan fingerprint density at radius 1 is 1.38 bits per heavy atom. The van der Waals surface area contributed by atoms with E-state index in [1.54, 1.807) is 0 Å². The maximum Gasteiger partial charge on any atom is 0.280 e. The summed E-state index contributed by atoms with van der Waals surface area (Å²) in [5.41, 5.74) is 7.09. The first-order chi connectivity index (χ1) is 9.84. The van der Waals surface area contributed by atoms with Crippen LogP contribution in [0.4, 0.5) is 5.00 Å². The molecule has 0 bridgehead atoms. The summed E-state index contributed by atoms with van der Waals surface area (Å²) < 4.78 is 0. The molecule has 1 aliphatic carbocycles. The van der Waals surface area contributed by atoms with E-state index in [1.165, 1.54) is 16.2 Å². The van der Waals surface area contributed by atoms with Crippen LogP contribution in [0.2, 0.25) is 0 Å². The van der Waals surface area contributed by atoms with Gasteiger partial charge in [-0.25, -0.2) is 0 Å². The second kappa shape index (κ2) is 6.15. The molecule has 6 heteroatoms. The lowest BCUT2D eigenvalue weighted by atomic mass is 10.0. The van der Waals surface area contributed by atoms with E-state index in [0.717, 1.165) is 31.2 Å². The van der Waals surface area contributed by atoms with Crippen molar-refractivity contribution in [2.24, 2.45) is 5.73 Å². The van der Waals surface area contributed by atoms with Crippen molar-refractivity contribution in [1.29, 1.82) is 0 Å². The topological polar surface area (TPSA) is 88.8 Å². The van der Waals surface area contributed by atoms with Gasteiger partial charge in [0.1, 0.15) is 5.00 Å². The molecule has 2 rings (SSSR count). The first kappa shape index (κ1) is 16.0. The summed E-state index contributed by atoms with van der Waals surface area (Å²) in [6.07, 6.45) is 3.91. The van der Waals surface area contributed by atoms with Crippen LogP contribution in [0.1, 0.15) is 54.4 Å². The van der Waals surface area contributed by atoms with E-state index in [9.17, 15) is 9.59 Å². The van der Waals surface area contributed by atoms with Crippen LogP contribution in [-0.4, -0.2) is 23.9 Å². The number of rotatable bonds is 6. The normalized spacial score (nSPS) is 14.0. The Labute approximate surface area is 129 Å². The molecule has 21 heavy (non-hydrogen) atoms. The number of anilines is 1. The molecule has 0 aromatic carbocycles. The Balaban J connectivity index is 2.06. The van der Waals surface area contributed by atoms with Crippen molar-refractivity contribution < 1.29 is 14.9 Å². The van der Waals surface area contributed by atoms with Gasteiger partial charge in [0, 0.05) is 4.88 Å². The van der Waals surface area contributed by atoms with Gasteiger partial charge in [-0.05, 0) is 45.1 Å². The fraction of sp³-hybridized carbons (Fsp3) is 0.600. The first-order valence-electron chi connectivity index (χ1n) is 7.42. The van der Waals surface area contributed by atoms with Crippen molar-refractivity contribution >= 4 is 28.2 Å². The van der Waals surface area contributed by atoms with Gasteiger partial charge in [-0.3, -0.25) is 9.59 Å². The molecule has 116 valence electrons. The average Bonchev–Trinajstić information content (AvgIpc) is 2.96. The van der Waals surface area contributed by atoms with E-state index >= 15 is 0 Å². The van der Waals surface area contributed by atoms with E-state index in [2.05, 4.69) is 26.1 Å². The van der Waals surface area contributed by atoms with Crippen LogP contribution < -0.4 is 16.4 Å². The molecule has 1 aromatic heterocycles. The fourth-order valence-electron chi connectivity index (χ4n) is 2.44. The number of thiophene rings is 1. The molecule has 0 unspecified atom stereocenters. The van der Waals surface area contributed by atoms with E-state index in [0.29, 0.717) is 17.1 Å². The summed E-state index contributed by atoms with van der Waals surface area (Å²) in [5, 5.41) is 5.51. The number of fused-ring (bicyclic) bond motifs is 1. The van der Waals surface area contributed by atoms with Crippen molar-refractivity contribution in [3.63, 3.8) is 0 Å². The molecule has 5 nitrogen and oxygen atoms in total. The van der Waals surface area contributed by atoms with Gasteiger partial charge in [-0.15, -0.1) is 11.3 Å². The lowest BCUT2D eigenvalue weighted by Gasteiger charge is -2.20. The summed E-state index contributed by atoms with van der Waals surface area (Å²) >= 11 is 1.50. The molecule has 1 aromatic rings.